The predicted molar refractivity (Wildman–Crippen MR) is 70.6 cm³/mol. The van der Waals surface area contributed by atoms with Gasteiger partial charge in [-0.2, -0.15) is 9.57 Å². The first-order valence-electron chi connectivity index (χ1n) is 6.02. The molecule has 1 atom stereocenters. The van der Waals surface area contributed by atoms with Gasteiger partial charge in [0, 0.05) is 13.1 Å². The highest BCUT2D eigenvalue weighted by Gasteiger charge is 2.37. The van der Waals surface area contributed by atoms with Crippen molar-refractivity contribution in [1.82, 2.24) is 4.31 Å². The van der Waals surface area contributed by atoms with E-state index in [0.717, 1.165) is 0 Å². The molecule has 1 saturated heterocycles. The van der Waals surface area contributed by atoms with Crippen LogP contribution in [0.3, 0.4) is 0 Å². The van der Waals surface area contributed by atoms with Gasteiger partial charge in [-0.15, -0.1) is 0 Å². The van der Waals surface area contributed by atoms with Gasteiger partial charge < -0.3 is 5.11 Å². The second-order valence-electron chi connectivity index (χ2n) is 5.15. The average Bonchev–Trinajstić information content (AvgIpc) is 2.71. The fraction of sp³-hybridized carbons (Fsp3) is 0.462. The van der Waals surface area contributed by atoms with Gasteiger partial charge in [0.25, 0.3) is 0 Å². The molecule has 19 heavy (non-hydrogen) atoms. The molecular weight excluding hydrogens is 264 g/mol. The zero-order chi connectivity index (χ0) is 14.1. The molecule has 0 radical (unpaired) electrons. The molecule has 102 valence electrons. The number of nitrogens with zero attached hydrogens (tertiary/aromatic N) is 2. The minimum atomic E-state index is -3.41. The Morgan fingerprint density at radius 1 is 1.42 bits per heavy atom. The van der Waals surface area contributed by atoms with Crippen LogP contribution in [0.4, 0.5) is 0 Å². The first-order chi connectivity index (χ1) is 8.82. The molecule has 1 unspecified atom stereocenters. The van der Waals surface area contributed by atoms with E-state index in [2.05, 4.69) is 0 Å². The van der Waals surface area contributed by atoms with Crippen molar-refractivity contribution in [3.8, 4) is 6.07 Å². The molecule has 6 heteroatoms. The Bertz CT molecular complexity index is 600. The fourth-order valence-corrected chi connectivity index (χ4v) is 3.76. The largest absolute Gasteiger partial charge is 0.389 e. The van der Waals surface area contributed by atoms with Gasteiger partial charge in [-0.05, 0) is 31.0 Å². The molecule has 0 spiro atoms. The molecule has 1 aliphatic rings. The summed E-state index contributed by atoms with van der Waals surface area (Å²) in [6.45, 7) is 2.14. The lowest BCUT2D eigenvalue weighted by atomic mass is 10.1. The van der Waals surface area contributed by atoms with Crippen molar-refractivity contribution < 1.29 is 13.5 Å². The van der Waals surface area contributed by atoms with Crippen LogP contribution in [0.25, 0.3) is 0 Å². The molecule has 1 aliphatic heterocycles. The van der Waals surface area contributed by atoms with Gasteiger partial charge in [0.05, 0.1) is 23.0 Å². The Labute approximate surface area is 113 Å². The first-order valence-corrected chi connectivity index (χ1v) is 7.63. The van der Waals surface area contributed by atoms with E-state index in [1.807, 2.05) is 6.07 Å². The average molecular weight is 280 g/mol. The first kappa shape index (κ1) is 14.0. The summed E-state index contributed by atoms with van der Waals surface area (Å²) in [6, 6.07) is 8.48. The number of β-amino-alcohol motifs (C(OH)–C–C–N with tert-alkyl or cyclic N) is 1. The Kier molecular flexibility index (Phi) is 3.63. The quantitative estimate of drug-likeness (QED) is 0.889. The Morgan fingerprint density at radius 2 is 2.05 bits per heavy atom. The van der Waals surface area contributed by atoms with Crippen molar-refractivity contribution in [3.63, 3.8) is 0 Å². The van der Waals surface area contributed by atoms with Gasteiger partial charge in [0.1, 0.15) is 0 Å². The lowest BCUT2D eigenvalue weighted by Gasteiger charge is -2.18. The Balaban J connectivity index is 2.11. The molecule has 5 nitrogen and oxygen atoms in total. The van der Waals surface area contributed by atoms with E-state index in [0.29, 0.717) is 24.1 Å². The number of rotatable bonds is 3. The van der Waals surface area contributed by atoms with Gasteiger partial charge in [-0.3, -0.25) is 0 Å². The van der Waals surface area contributed by atoms with Crippen LogP contribution in [-0.2, 0) is 15.8 Å². The summed E-state index contributed by atoms with van der Waals surface area (Å²) in [5, 5.41) is 18.5. The minimum absolute atomic E-state index is 0.102. The van der Waals surface area contributed by atoms with Crippen molar-refractivity contribution in [2.45, 2.75) is 24.7 Å². The Morgan fingerprint density at radius 3 is 2.53 bits per heavy atom. The highest BCUT2D eigenvalue weighted by atomic mass is 32.2. The third-order valence-corrected chi connectivity index (χ3v) is 5.04. The predicted octanol–water partition coefficient (Wildman–Crippen LogP) is 0.845. The van der Waals surface area contributed by atoms with Gasteiger partial charge in [-0.25, -0.2) is 8.42 Å². The van der Waals surface area contributed by atoms with E-state index in [1.54, 1.807) is 31.2 Å². The van der Waals surface area contributed by atoms with Crippen molar-refractivity contribution in [1.29, 1.82) is 5.26 Å². The monoisotopic (exact) mass is 280 g/mol. The molecule has 2 rings (SSSR count). The van der Waals surface area contributed by atoms with Crippen LogP contribution in [0.1, 0.15) is 24.5 Å². The summed E-state index contributed by atoms with van der Waals surface area (Å²) in [7, 11) is -3.41. The Hall–Kier alpha value is -1.42. The minimum Gasteiger partial charge on any atom is -0.389 e. The van der Waals surface area contributed by atoms with Crippen molar-refractivity contribution >= 4 is 10.0 Å². The normalized spacial score (nSPS) is 24.3. The third kappa shape index (κ3) is 3.32. The molecule has 0 aliphatic carbocycles. The summed E-state index contributed by atoms with van der Waals surface area (Å²) in [5.41, 5.74) is 0.216. The second-order valence-corrected chi connectivity index (χ2v) is 7.11. The smallest absolute Gasteiger partial charge is 0.218 e. The van der Waals surface area contributed by atoms with Gasteiger partial charge in [-0.1, -0.05) is 12.1 Å². The highest BCUT2D eigenvalue weighted by molar-refractivity contribution is 7.88. The van der Waals surface area contributed by atoms with E-state index >= 15 is 0 Å². The number of hydrogen-bond donors (Lipinski definition) is 1. The molecule has 0 amide bonds. The lowest BCUT2D eigenvalue weighted by Crippen LogP contribution is -2.34. The third-order valence-electron chi connectivity index (χ3n) is 3.24. The topological polar surface area (TPSA) is 81.4 Å². The SMILES string of the molecule is CC1(O)CCN(S(=O)(=O)Cc2ccc(C#N)cc2)C1. The standard InChI is InChI=1S/C13H16N2O3S/c1-13(16)6-7-15(10-13)19(17,18)9-12-4-2-11(8-14)3-5-12/h2-5,16H,6-7,9-10H2,1H3. The molecular formula is C13H16N2O3S. The molecule has 0 aromatic heterocycles. The van der Waals surface area contributed by atoms with Gasteiger partial charge >= 0.3 is 0 Å². The summed E-state index contributed by atoms with van der Waals surface area (Å²) in [5.74, 6) is -0.102. The molecule has 0 bridgehead atoms. The van der Waals surface area contributed by atoms with Crippen LogP contribution in [-0.4, -0.2) is 36.5 Å². The van der Waals surface area contributed by atoms with E-state index in [4.69, 9.17) is 5.26 Å². The van der Waals surface area contributed by atoms with Crippen molar-refractivity contribution in [2.75, 3.05) is 13.1 Å². The zero-order valence-electron chi connectivity index (χ0n) is 10.7. The van der Waals surface area contributed by atoms with E-state index < -0.39 is 15.6 Å². The van der Waals surface area contributed by atoms with Crippen LogP contribution in [0.2, 0.25) is 0 Å². The molecule has 0 saturated carbocycles. The second kappa shape index (κ2) is 4.93. The van der Waals surface area contributed by atoms with Crippen LogP contribution in [0.15, 0.2) is 24.3 Å². The van der Waals surface area contributed by atoms with Crippen LogP contribution >= 0.6 is 0 Å². The summed E-state index contributed by atoms with van der Waals surface area (Å²) in [4.78, 5) is 0. The number of hydrogen-bond acceptors (Lipinski definition) is 4. The van der Waals surface area contributed by atoms with E-state index in [9.17, 15) is 13.5 Å². The maximum absolute atomic E-state index is 12.2. The van der Waals surface area contributed by atoms with Crippen LogP contribution in [0, 0.1) is 11.3 Å². The van der Waals surface area contributed by atoms with E-state index in [1.165, 1.54) is 4.31 Å². The summed E-state index contributed by atoms with van der Waals surface area (Å²) in [6.07, 6.45) is 0.458. The van der Waals surface area contributed by atoms with E-state index in [-0.39, 0.29) is 12.3 Å². The fourth-order valence-electron chi connectivity index (χ4n) is 2.12. The lowest BCUT2D eigenvalue weighted by molar-refractivity contribution is 0.0762. The number of nitriles is 1. The summed E-state index contributed by atoms with van der Waals surface area (Å²) >= 11 is 0. The highest BCUT2D eigenvalue weighted by Crippen LogP contribution is 2.24. The maximum Gasteiger partial charge on any atom is 0.218 e. The molecule has 1 fully saturated rings. The maximum atomic E-state index is 12.2. The van der Waals surface area contributed by atoms with Gasteiger partial charge in [0.15, 0.2) is 0 Å². The van der Waals surface area contributed by atoms with Crippen LogP contribution < -0.4 is 0 Å². The number of benzene rings is 1. The van der Waals surface area contributed by atoms with Crippen molar-refractivity contribution in [3.05, 3.63) is 35.4 Å². The van der Waals surface area contributed by atoms with Crippen LogP contribution in [0.5, 0.6) is 0 Å². The molecule has 1 N–H and O–H groups in total. The van der Waals surface area contributed by atoms with Crippen molar-refractivity contribution in [2.24, 2.45) is 0 Å². The summed E-state index contributed by atoms with van der Waals surface area (Å²) < 4.78 is 25.7. The number of sulfonamides is 1. The molecule has 1 aromatic rings. The van der Waals surface area contributed by atoms with Gasteiger partial charge in [0.2, 0.25) is 10.0 Å². The zero-order valence-corrected chi connectivity index (χ0v) is 11.5. The number of aliphatic hydroxyl groups is 1. The molecule has 1 aromatic carbocycles. The molecule has 1 heterocycles.